The first-order chi connectivity index (χ1) is 11.2. The second-order valence-corrected chi connectivity index (χ2v) is 6.64. The van der Waals surface area contributed by atoms with Crippen molar-refractivity contribution in [1.82, 2.24) is 15.2 Å². The molecule has 2 amide bonds. The highest BCUT2D eigenvalue weighted by atomic mass is 16.2. The average Bonchev–Trinajstić information content (AvgIpc) is 3.42. The molecule has 2 aliphatic rings. The zero-order valence-electron chi connectivity index (χ0n) is 13.8. The van der Waals surface area contributed by atoms with E-state index in [1.807, 2.05) is 23.1 Å². The summed E-state index contributed by atoms with van der Waals surface area (Å²) in [5.41, 5.74) is 0.00742. The van der Waals surface area contributed by atoms with Crippen LogP contribution in [0.3, 0.4) is 0 Å². The van der Waals surface area contributed by atoms with Crippen LogP contribution in [0, 0.1) is 5.41 Å². The monoisotopic (exact) mass is 315 g/mol. The molecule has 1 aromatic heterocycles. The van der Waals surface area contributed by atoms with Crippen molar-refractivity contribution in [1.29, 1.82) is 0 Å². The van der Waals surface area contributed by atoms with Gasteiger partial charge in [-0.25, -0.2) is 0 Å². The Labute approximate surface area is 137 Å². The van der Waals surface area contributed by atoms with Crippen LogP contribution in [0.5, 0.6) is 0 Å². The van der Waals surface area contributed by atoms with E-state index in [9.17, 15) is 9.59 Å². The van der Waals surface area contributed by atoms with Crippen molar-refractivity contribution >= 4 is 11.8 Å². The number of hydrogen-bond acceptors (Lipinski definition) is 3. The Morgan fingerprint density at radius 1 is 1.35 bits per heavy atom. The molecule has 0 aromatic carbocycles. The van der Waals surface area contributed by atoms with Crippen molar-refractivity contribution in [3.63, 3.8) is 0 Å². The third-order valence-corrected chi connectivity index (χ3v) is 5.11. The van der Waals surface area contributed by atoms with E-state index < -0.39 is 5.41 Å². The fourth-order valence-electron chi connectivity index (χ4n) is 3.47. The largest absolute Gasteiger partial charge is 0.350 e. The van der Waals surface area contributed by atoms with Gasteiger partial charge in [0, 0.05) is 18.8 Å². The molecule has 1 N–H and O–H groups in total. The molecule has 5 heteroatoms. The van der Waals surface area contributed by atoms with Crippen LogP contribution in [0.15, 0.2) is 24.4 Å². The zero-order chi connectivity index (χ0) is 16.3. The van der Waals surface area contributed by atoms with Gasteiger partial charge in [0.05, 0.1) is 12.2 Å². The molecule has 0 spiro atoms. The average molecular weight is 315 g/mol. The van der Waals surface area contributed by atoms with Gasteiger partial charge in [-0.05, 0) is 50.7 Å². The summed E-state index contributed by atoms with van der Waals surface area (Å²) in [5, 5.41) is 2.91. The highest BCUT2D eigenvalue weighted by molar-refractivity contribution is 6.07. The van der Waals surface area contributed by atoms with Crippen LogP contribution >= 0.6 is 0 Å². The van der Waals surface area contributed by atoms with Crippen LogP contribution in [0.25, 0.3) is 0 Å². The Morgan fingerprint density at radius 2 is 2.17 bits per heavy atom. The van der Waals surface area contributed by atoms with Gasteiger partial charge in [0.15, 0.2) is 0 Å². The highest BCUT2D eigenvalue weighted by Crippen LogP contribution is 2.48. The summed E-state index contributed by atoms with van der Waals surface area (Å²) in [6, 6.07) is 5.92. The molecule has 1 aliphatic carbocycles. The molecule has 3 rings (SSSR count). The molecule has 5 nitrogen and oxygen atoms in total. The molecule has 1 aliphatic heterocycles. The molecule has 23 heavy (non-hydrogen) atoms. The molecule has 0 radical (unpaired) electrons. The van der Waals surface area contributed by atoms with E-state index in [2.05, 4.69) is 17.2 Å². The Morgan fingerprint density at radius 3 is 2.83 bits per heavy atom. The van der Waals surface area contributed by atoms with Crippen LogP contribution in [0.4, 0.5) is 0 Å². The van der Waals surface area contributed by atoms with E-state index in [0.29, 0.717) is 25.4 Å². The second kappa shape index (κ2) is 6.69. The standard InChI is InChI=1S/C18H25N3O2/c1-2-15-8-4-6-12-21(15)17(23)18(9-10-18)16(22)20-13-14-7-3-5-11-19-14/h3,5,7,11,15H,2,4,6,8-10,12-13H2,1H3,(H,20,22). The van der Waals surface area contributed by atoms with Crippen molar-refractivity contribution in [2.45, 2.75) is 58.0 Å². The van der Waals surface area contributed by atoms with Gasteiger partial charge in [0.1, 0.15) is 5.41 Å². The number of carbonyl (C=O) groups is 2. The molecule has 2 heterocycles. The number of amides is 2. The van der Waals surface area contributed by atoms with Crippen LogP contribution in [0.1, 0.15) is 51.1 Å². The molecule has 1 atom stereocenters. The molecular formula is C18H25N3O2. The van der Waals surface area contributed by atoms with Gasteiger partial charge in [-0.1, -0.05) is 13.0 Å². The first-order valence-electron chi connectivity index (χ1n) is 8.66. The first kappa shape index (κ1) is 16.0. The summed E-state index contributed by atoms with van der Waals surface area (Å²) in [7, 11) is 0. The zero-order valence-corrected chi connectivity index (χ0v) is 13.8. The molecule has 124 valence electrons. The molecule has 1 aromatic rings. The quantitative estimate of drug-likeness (QED) is 0.848. The summed E-state index contributed by atoms with van der Waals surface area (Å²) in [6.07, 6.45) is 7.32. The van der Waals surface area contributed by atoms with Gasteiger partial charge in [-0.2, -0.15) is 0 Å². The van der Waals surface area contributed by atoms with E-state index >= 15 is 0 Å². The lowest BCUT2D eigenvalue weighted by Crippen LogP contribution is -2.50. The van der Waals surface area contributed by atoms with Gasteiger partial charge in [0.2, 0.25) is 11.8 Å². The van der Waals surface area contributed by atoms with Gasteiger partial charge in [0.25, 0.3) is 0 Å². The van der Waals surface area contributed by atoms with Crippen molar-refractivity contribution in [3.8, 4) is 0 Å². The van der Waals surface area contributed by atoms with E-state index in [-0.39, 0.29) is 11.8 Å². The number of nitrogens with zero attached hydrogens (tertiary/aromatic N) is 2. The minimum atomic E-state index is -0.806. The highest BCUT2D eigenvalue weighted by Gasteiger charge is 2.58. The number of rotatable bonds is 5. The lowest BCUT2D eigenvalue weighted by molar-refractivity contribution is -0.147. The summed E-state index contributed by atoms with van der Waals surface area (Å²) in [4.78, 5) is 31.7. The maximum absolute atomic E-state index is 13.0. The molecule has 0 bridgehead atoms. The first-order valence-corrected chi connectivity index (χ1v) is 8.66. The fraction of sp³-hybridized carbons (Fsp3) is 0.611. The van der Waals surface area contributed by atoms with Gasteiger partial charge < -0.3 is 10.2 Å². The van der Waals surface area contributed by atoms with Gasteiger partial charge in [-0.3, -0.25) is 14.6 Å². The number of pyridine rings is 1. The number of likely N-dealkylation sites (tertiary alicyclic amines) is 1. The van der Waals surface area contributed by atoms with Crippen LogP contribution in [0.2, 0.25) is 0 Å². The number of aromatic nitrogens is 1. The lowest BCUT2D eigenvalue weighted by Gasteiger charge is -2.37. The summed E-state index contributed by atoms with van der Waals surface area (Å²) < 4.78 is 0. The molecule has 1 saturated carbocycles. The summed E-state index contributed by atoms with van der Waals surface area (Å²) >= 11 is 0. The number of piperidine rings is 1. The summed E-state index contributed by atoms with van der Waals surface area (Å²) in [6.45, 7) is 3.30. The lowest BCUT2D eigenvalue weighted by atomic mass is 9.95. The number of hydrogen-bond donors (Lipinski definition) is 1. The maximum Gasteiger partial charge on any atom is 0.238 e. The normalized spacial score (nSPS) is 22.5. The Kier molecular flexibility index (Phi) is 4.64. The third kappa shape index (κ3) is 3.23. The fourth-order valence-corrected chi connectivity index (χ4v) is 3.47. The van der Waals surface area contributed by atoms with E-state index in [1.54, 1.807) is 6.20 Å². The van der Waals surface area contributed by atoms with Crippen molar-refractivity contribution in [2.24, 2.45) is 5.41 Å². The van der Waals surface area contributed by atoms with Crippen LogP contribution in [-0.4, -0.2) is 34.3 Å². The number of carbonyl (C=O) groups excluding carboxylic acids is 2. The smallest absolute Gasteiger partial charge is 0.238 e. The molecule has 1 saturated heterocycles. The van der Waals surface area contributed by atoms with Gasteiger partial charge in [-0.15, -0.1) is 0 Å². The Hall–Kier alpha value is -1.91. The maximum atomic E-state index is 13.0. The van der Waals surface area contributed by atoms with Crippen LogP contribution < -0.4 is 5.32 Å². The predicted molar refractivity (Wildman–Crippen MR) is 87.4 cm³/mol. The van der Waals surface area contributed by atoms with E-state index in [4.69, 9.17) is 0 Å². The SMILES string of the molecule is CCC1CCCCN1C(=O)C1(C(=O)NCc2ccccn2)CC1. The minimum absolute atomic E-state index is 0.0440. The van der Waals surface area contributed by atoms with Crippen LogP contribution in [-0.2, 0) is 16.1 Å². The summed E-state index contributed by atoms with van der Waals surface area (Å²) in [5.74, 6) is -0.0869. The molecule has 2 fully saturated rings. The Balaban J connectivity index is 1.63. The topological polar surface area (TPSA) is 62.3 Å². The van der Waals surface area contributed by atoms with Gasteiger partial charge >= 0.3 is 0 Å². The third-order valence-electron chi connectivity index (χ3n) is 5.11. The second-order valence-electron chi connectivity index (χ2n) is 6.64. The van der Waals surface area contributed by atoms with Crippen molar-refractivity contribution in [3.05, 3.63) is 30.1 Å². The Bertz CT molecular complexity index is 569. The predicted octanol–water partition coefficient (Wildman–Crippen LogP) is 2.27. The number of nitrogens with one attached hydrogen (secondary N) is 1. The molecular weight excluding hydrogens is 290 g/mol. The minimum Gasteiger partial charge on any atom is -0.350 e. The van der Waals surface area contributed by atoms with Crippen molar-refractivity contribution in [2.75, 3.05) is 6.54 Å². The van der Waals surface area contributed by atoms with E-state index in [1.165, 1.54) is 6.42 Å². The molecule has 1 unspecified atom stereocenters. The van der Waals surface area contributed by atoms with E-state index in [0.717, 1.165) is 31.5 Å². The van der Waals surface area contributed by atoms with Crippen molar-refractivity contribution < 1.29 is 9.59 Å².